The van der Waals surface area contributed by atoms with Crippen molar-refractivity contribution >= 4 is 17.6 Å². The number of aromatic nitrogens is 1. The molecule has 1 aliphatic heterocycles. The number of halogens is 1. The Hall–Kier alpha value is -2.90. The summed E-state index contributed by atoms with van der Waals surface area (Å²) in [5.74, 6) is 0.324. The normalized spacial score (nSPS) is 16.0. The largest absolute Gasteiger partial charge is 0.459 e. The van der Waals surface area contributed by atoms with E-state index in [0.29, 0.717) is 23.9 Å². The van der Waals surface area contributed by atoms with E-state index in [4.69, 9.17) is 4.42 Å². The molecular weight excluding hydrogens is 375 g/mol. The molecule has 8 heteroatoms. The third kappa shape index (κ3) is 6.58. The van der Waals surface area contributed by atoms with E-state index in [0.717, 1.165) is 51.6 Å². The molecule has 29 heavy (non-hydrogen) atoms. The average molecular weight is 402 g/mol. The highest BCUT2D eigenvalue weighted by Gasteiger charge is 2.27. The first-order valence-corrected chi connectivity index (χ1v) is 10.1. The van der Waals surface area contributed by atoms with Crippen LogP contribution in [0.15, 0.2) is 41.1 Å². The van der Waals surface area contributed by atoms with Crippen molar-refractivity contribution in [3.63, 3.8) is 0 Å². The molecule has 7 nitrogen and oxygen atoms in total. The number of carbonyl (C=O) groups is 2. The van der Waals surface area contributed by atoms with Gasteiger partial charge in [0.1, 0.15) is 0 Å². The van der Waals surface area contributed by atoms with Crippen LogP contribution < -0.4 is 10.6 Å². The van der Waals surface area contributed by atoms with E-state index >= 15 is 0 Å². The fourth-order valence-corrected chi connectivity index (χ4v) is 3.58. The number of hydrogen-bond donors (Lipinski definition) is 2. The van der Waals surface area contributed by atoms with Gasteiger partial charge in [0.2, 0.25) is 5.95 Å². The molecule has 2 aromatic rings. The number of urea groups is 1. The smallest absolute Gasteiger partial charge is 0.319 e. The first-order chi connectivity index (χ1) is 14.1. The monoisotopic (exact) mass is 402 g/mol. The lowest BCUT2D eigenvalue weighted by atomic mass is 10.00. The van der Waals surface area contributed by atoms with Gasteiger partial charge in [0.05, 0.1) is 6.26 Å². The molecule has 1 saturated heterocycles. The highest BCUT2D eigenvalue weighted by atomic mass is 19.1. The molecule has 0 aliphatic carbocycles. The maximum Gasteiger partial charge on any atom is 0.319 e. The second kappa shape index (κ2) is 10.6. The van der Waals surface area contributed by atoms with Gasteiger partial charge in [-0.1, -0.05) is 19.3 Å². The molecule has 3 rings (SSSR count). The van der Waals surface area contributed by atoms with E-state index in [1.165, 1.54) is 24.6 Å². The number of nitrogens with zero attached hydrogens (tertiary/aromatic N) is 2. The Balaban J connectivity index is 1.21. The van der Waals surface area contributed by atoms with Crippen LogP contribution in [0.1, 0.15) is 49.1 Å². The average Bonchev–Trinajstić information content (AvgIpc) is 3.39. The standard InChI is InChI=1S/C21H27FN4O3/c22-19-14-17(8-11-23-19)25-21(28)24-10-4-2-1-3-6-16-9-12-26(15-16)20(27)18-7-5-13-29-18/h5,7-8,11,13-14,16H,1-4,6,9-10,12,15H2,(H2,23,24,25,28). The van der Waals surface area contributed by atoms with Gasteiger partial charge < -0.3 is 20.0 Å². The topological polar surface area (TPSA) is 87.5 Å². The summed E-state index contributed by atoms with van der Waals surface area (Å²) in [6.07, 6.45) is 9.14. The summed E-state index contributed by atoms with van der Waals surface area (Å²) in [6.45, 7) is 2.18. The van der Waals surface area contributed by atoms with E-state index in [-0.39, 0.29) is 11.9 Å². The van der Waals surface area contributed by atoms with Gasteiger partial charge >= 0.3 is 6.03 Å². The minimum Gasteiger partial charge on any atom is -0.459 e. The van der Waals surface area contributed by atoms with Crippen LogP contribution in [0.25, 0.3) is 0 Å². The third-order valence-corrected chi connectivity index (χ3v) is 5.11. The SMILES string of the molecule is O=C(NCCCCCCC1CCN(C(=O)c2ccco2)C1)Nc1ccnc(F)c1. The molecule has 0 bridgehead atoms. The quantitative estimate of drug-likeness (QED) is 0.489. The van der Waals surface area contributed by atoms with E-state index in [2.05, 4.69) is 15.6 Å². The number of unbranched alkanes of at least 4 members (excludes halogenated alkanes) is 3. The van der Waals surface area contributed by atoms with Crippen molar-refractivity contribution in [2.75, 3.05) is 25.0 Å². The maximum absolute atomic E-state index is 13.0. The van der Waals surface area contributed by atoms with Crippen LogP contribution in [-0.2, 0) is 0 Å². The second-order valence-electron chi connectivity index (χ2n) is 7.33. The minimum absolute atomic E-state index is 0.0173. The first-order valence-electron chi connectivity index (χ1n) is 10.1. The van der Waals surface area contributed by atoms with Gasteiger partial charge in [-0.15, -0.1) is 0 Å². The minimum atomic E-state index is -0.626. The van der Waals surface area contributed by atoms with Crippen molar-refractivity contribution in [1.29, 1.82) is 0 Å². The summed E-state index contributed by atoms with van der Waals surface area (Å²) in [5, 5.41) is 5.34. The number of furan rings is 1. The van der Waals surface area contributed by atoms with Gasteiger partial charge in [0.15, 0.2) is 5.76 Å². The lowest BCUT2D eigenvalue weighted by Crippen LogP contribution is -2.29. The second-order valence-corrected chi connectivity index (χ2v) is 7.33. The zero-order valence-corrected chi connectivity index (χ0v) is 16.4. The maximum atomic E-state index is 13.0. The Kier molecular flexibility index (Phi) is 7.61. The van der Waals surface area contributed by atoms with E-state index in [1.54, 1.807) is 12.1 Å². The van der Waals surface area contributed by atoms with Crippen LogP contribution in [0.5, 0.6) is 0 Å². The molecule has 0 radical (unpaired) electrons. The predicted octanol–water partition coefficient (Wildman–Crippen LogP) is 4.05. The first kappa shape index (κ1) is 20.8. The van der Waals surface area contributed by atoms with Gasteiger partial charge in [0.25, 0.3) is 5.91 Å². The summed E-state index contributed by atoms with van der Waals surface area (Å²) in [4.78, 5) is 29.3. The van der Waals surface area contributed by atoms with Gasteiger partial charge in [-0.3, -0.25) is 4.79 Å². The van der Waals surface area contributed by atoms with Gasteiger partial charge in [-0.2, -0.15) is 4.39 Å². The van der Waals surface area contributed by atoms with Crippen LogP contribution in [-0.4, -0.2) is 41.5 Å². The van der Waals surface area contributed by atoms with E-state index in [9.17, 15) is 14.0 Å². The van der Waals surface area contributed by atoms with Crippen LogP contribution >= 0.6 is 0 Å². The number of nitrogens with one attached hydrogen (secondary N) is 2. The van der Waals surface area contributed by atoms with Gasteiger partial charge in [0, 0.05) is 37.6 Å². The Labute approximate surface area is 169 Å². The number of pyridine rings is 1. The number of rotatable bonds is 9. The number of amides is 3. The molecule has 1 aliphatic rings. The Bertz CT molecular complexity index is 797. The number of likely N-dealkylation sites (tertiary alicyclic amines) is 1. The fraction of sp³-hybridized carbons (Fsp3) is 0.476. The predicted molar refractivity (Wildman–Crippen MR) is 107 cm³/mol. The molecule has 3 heterocycles. The summed E-state index contributed by atoms with van der Waals surface area (Å²) in [5.41, 5.74) is 0.381. The Morgan fingerprint density at radius 3 is 2.90 bits per heavy atom. The number of hydrogen-bond acceptors (Lipinski definition) is 4. The highest BCUT2D eigenvalue weighted by molar-refractivity contribution is 5.91. The molecule has 0 spiro atoms. The lowest BCUT2D eigenvalue weighted by Gasteiger charge is -2.15. The van der Waals surface area contributed by atoms with Crippen molar-refractivity contribution in [3.8, 4) is 0 Å². The van der Waals surface area contributed by atoms with Crippen molar-refractivity contribution in [3.05, 3.63) is 48.4 Å². The molecule has 2 aromatic heterocycles. The third-order valence-electron chi connectivity index (χ3n) is 5.11. The summed E-state index contributed by atoms with van der Waals surface area (Å²) in [6, 6.07) is 5.81. The fourth-order valence-electron chi connectivity index (χ4n) is 3.58. The number of carbonyl (C=O) groups excluding carboxylic acids is 2. The molecule has 0 aromatic carbocycles. The number of anilines is 1. The summed E-state index contributed by atoms with van der Waals surface area (Å²) < 4.78 is 18.2. The van der Waals surface area contributed by atoms with Crippen LogP contribution in [0, 0.1) is 11.9 Å². The molecular formula is C21H27FN4O3. The zero-order valence-electron chi connectivity index (χ0n) is 16.4. The van der Waals surface area contributed by atoms with Crippen LogP contribution in [0.4, 0.5) is 14.9 Å². The van der Waals surface area contributed by atoms with Gasteiger partial charge in [-0.05, 0) is 43.4 Å². The van der Waals surface area contributed by atoms with E-state index < -0.39 is 5.95 Å². The zero-order chi connectivity index (χ0) is 20.5. The van der Waals surface area contributed by atoms with Crippen molar-refractivity contribution < 1.29 is 18.4 Å². The molecule has 1 atom stereocenters. The van der Waals surface area contributed by atoms with Crippen LogP contribution in [0.2, 0.25) is 0 Å². The molecule has 1 fully saturated rings. The molecule has 156 valence electrons. The highest BCUT2D eigenvalue weighted by Crippen LogP contribution is 2.24. The summed E-state index contributed by atoms with van der Waals surface area (Å²) >= 11 is 0. The molecule has 0 saturated carbocycles. The lowest BCUT2D eigenvalue weighted by molar-refractivity contribution is 0.0754. The molecule has 3 amide bonds. The molecule has 2 N–H and O–H groups in total. The summed E-state index contributed by atoms with van der Waals surface area (Å²) in [7, 11) is 0. The van der Waals surface area contributed by atoms with Crippen molar-refractivity contribution in [1.82, 2.24) is 15.2 Å². The van der Waals surface area contributed by atoms with Gasteiger partial charge in [-0.25, -0.2) is 9.78 Å². The van der Waals surface area contributed by atoms with E-state index in [1.807, 2.05) is 4.90 Å². The molecule has 1 unspecified atom stereocenters. The van der Waals surface area contributed by atoms with Crippen molar-refractivity contribution in [2.24, 2.45) is 5.92 Å². The van der Waals surface area contributed by atoms with Crippen LogP contribution in [0.3, 0.4) is 0 Å². The Morgan fingerprint density at radius 2 is 2.10 bits per heavy atom. The Morgan fingerprint density at radius 1 is 1.24 bits per heavy atom. The van der Waals surface area contributed by atoms with Crippen molar-refractivity contribution in [2.45, 2.75) is 38.5 Å².